The first-order valence-corrected chi connectivity index (χ1v) is 10.6. The maximum Gasteiger partial charge on any atom is 0.291 e. The standard InChI is InChI=1S/C26H20N2O6/c1-15-3-12-21-20(13-15)24(29)22-23(17-6-8-18(9-7-17)28(31)32)27(26(30)25(22)34-21)14-16-4-10-19(33-2)11-5-16/h3-13,23H,14H2,1-2H3. The molecule has 4 aromatic rings. The van der Waals surface area contributed by atoms with Gasteiger partial charge < -0.3 is 14.1 Å². The SMILES string of the molecule is COc1ccc(CN2C(=O)c3oc4ccc(C)cc4c(=O)c3C2c2ccc([N+](=O)[O-])cc2)cc1. The van der Waals surface area contributed by atoms with Crippen molar-refractivity contribution in [3.63, 3.8) is 0 Å². The smallest absolute Gasteiger partial charge is 0.291 e. The van der Waals surface area contributed by atoms with Crippen LogP contribution in [0.3, 0.4) is 0 Å². The molecule has 1 aliphatic rings. The highest BCUT2D eigenvalue weighted by Crippen LogP contribution is 2.39. The second-order valence-electron chi connectivity index (χ2n) is 8.21. The van der Waals surface area contributed by atoms with E-state index in [0.29, 0.717) is 22.3 Å². The van der Waals surface area contributed by atoms with Gasteiger partial charge in [-0.3, -0.25) is 19.7 Å². The lowest BCUT2D eigenvalue weighted by atomic mass is 9.97. The van der Waals surface area contributed by atoms with Crippen molar-refractivity contribution in [1.82, 2.24) is 4.90 Å². The van der Waals surface area contributed by atoms with Crippen molar-refractivity contribution < 1.29 is 18.9 Å². The van der Waals surface area contributed by atoms with Crippen LogP contribution in [0.25, 0.3) is 11.0 Å². The van der Waals surface area contributed by atoms with Gasteiger partial charge in [0.15, 0.2) is 5.43 Å². The van der Waals surface area contributed by atoms with Crippen LogP contribution in [0.1, 0.15) is 38.9 Å². The minimum absolute atomic E-state index is 0.00165. The molecule has 1 amide bonds. The van der Waals surface area contributed by atoms with Gasteiger partial charge in [0.25, 0.3) is 11.6 Å². The Kier molecular flexibility index (Phi) is 5.13. The number of carbonyl (C=O) groups excluding carboxylic acids is 1. The van der Waals surface area contributed by atoms with Crippen LogP contribution in [-0.2, 0) is 6.54 Å². The number of rotatable bonds is 5. The summed E-state index contributed by atoms with van der Waals surface area (Å²) in [4.78, 5) is 39.3. The second-order valence-corrected chi connectivity index (χ2v) is 8.21. The average Bonchev–Trinajstić information content (AvgIpc) is 3.12. The number of non-ortho nitro benzene ring substituents is 1. The number of carbonyl (C=O) groups is 1. The lowest BCUT2D eigenvalue weighted by Crippen LogP contribution is -2.29. The van der Waals surface area contributed by atoms with E-state index in [9.17, 15) is 19.7 Å². The number of nitrogens with zero attached hydrogens (tertiary/aromatic N) is 2. The molecular formula is C26H20N2O6. The van der Waals surface area contributed by atoms with Gasteiger partial charge in [-0.15, -0.1) is 0 Å². The summed E-state index contributed by atoms with van der Waals surface area (Å²) in [6.07, 6.45) is 0. The normalized spacial score (nSPS) is 14.9. The van der Waals surface area contributed by atoms with Crippen LogP contribution in [0.2, 0.25) is 0 Å². The number of nitro benzene ring substituents is 1. The van der Waals surface area contributed by atoms with Crippen molar-refractivity contribution in [2.75, 3.05) is 7.11 Å². The van der Waals surface area contributed by atoms with Gasteiger partial charge in [0.2, 0.25) is 5.76 Å². The van der Waals surface area contributed by atoms with Crippen molar-refractivity contribution in [1.29, 1.82) is 0 Å². The average molecular weight is 456 g/mol. The molecule has 1 atom stereocenters. The molecule has 0 saturated heterocycles. The van der Waals surface area contributed by atoms with Gasteiger partial charge in [0.1, 0.15) is 11.3 Å². The predicted molar refractivity (Wildman–Crippen MR) is 125 cm³/mol. The second kappa shape index (κ2) is 8.15. The van der Waals surface area contributed by atoms with E-state index < -0.39 is 16.9 Å². The summed E-state index contributed by atoms with van der Waals surface area (Å²) in [6.45, 7) is 2.09. The third kappa shape index (κ3) is 3.49. The maximum absolute atomic E-state index is 13.6. The molecule has 0 bridgehead atoms. The Morgan fingerprint density at radius 1 is 1.03 bits per heavy atom. The number of fused-ring (bicyclic) bond motifs is 2. The minimum atomic E-state index is -0.744. The topological polar surface area (TPSA) is 103 Å². The van der Waals surface area contributed by atoms with Gasteiger partial charge in [-0.2, -0.15) is 0 Å². The Labute approximate surface area is 194 Å². The van der Waals surface area contributed by atoms with Gasteiger partial charge in [-0.25, -0.2) is 0 Å². The summed E-state index contributed by atoms with van der Waals surface area (Å²) in [6, 6.07) is 17.7. The van der Waals surface area contributed by atoms with Gasteiger partial charge >= 0.3 is 0 Å². The monoisotopic (exact) mass is 456 g/mol. The third-order valence-corrected chi connectivity index (χ3v) is 6.05. The van der Waals surface area contributed by atoms with E-state index in [0.717, 1.165) is 11.1 Å². The fourth-order valence-electron chi connectivity index (χ4n) is 4.35. The number of hydrogen-bond acceptors (Lipinski definition) is 6. The van der Waals surface area contributed by atoms with Crippen LogP contribution in [0.15, 0.2) is 75.9 Å². The fourth-order valence-corrected chi connectivity index (χ4v) is 4.35. The Balaban J connectivity index is 1.68. The Hall–Kier alpha value is -4.46. The zero-order valence-corrected chi connectivity index (χ0v) is 18.5. The molecule has 8 nitrogen and oxygen atoms in total. The highest BCUT2D eigenvalue weighted by Gasteiger charge is 2.42. The summed E-state index contributed by atoms with van der Waals surface area (Å²) in [7, 11) is 1.57. The Morgan fingerprint density at radius 2 is 1.74 bits per heavy atom. The molecule has 2 heterocycles. The van der Waals surface area contributed by atoms with E-state index in [-0.39, 0.29) is 29.0 Å². The molecule has 170 valence electrons. The molecule has 1 aromatic heterocycles. The highest BCUT2D eigenvalue weighted by atomic mass is 16.6. The van der Waals surface area contributed by atoms with Crippen LogP contribution >= 0.6 is 0 Å². The molecule has 34 heavy (non-hydrogen) atoms. The number of nitro groups is 1. The van der Waals surface area contributed by atoms with Crippen LogP contribution in [0, 0.1) is 17.0 Å². The molecule has 8 heteroatoms. The summed E-state index contributed by atoms with van der Waals surface area (Å²) in [5, 5.41) is 11.5. The minimum Gasteiger partial charge on any atom is -0.497 e. The van der Waals surface area contributed by atoms with E-state index in [4.69, 9.17) is 9.15 Å². The zero-order valence-electron chi connectivity index (χ0n) is 18.5. The molecule has 0 saturated carbocycles. The summed E-state index contributed by atoms with van der Waals surface area (Å²) >= 11 is 0. The first-order chi connectivity index (χ1) is 16.4. The summed E-state index contributed by atoms with van der Waals surface area (Å²) in [5.41, 5.74) is 2.55. The number of amides is 1. The molecule has 1 unspecified atom stereocenters. The van der Waals surface area contributed by atoms with Crippen molar-refractivity contribution in [3.05, 3.63) is 115 Å². The molecule has 0 spiro atoms. The predicted octanol–water partition coefficient (Wildman–Crippen LogP) is 4.76. The van der Waals surface area contributed by atoms with Gasteiger partial charge in [0, 0.05) is 18.7 Å². The highest BCUT2D eigenvalue weighted by molar-refractivity contribution is 5.99. The van der Waals surface area contributed by atoms with Crippen molar-refractivity contribution in [3.8, 4) is 5.75 Å². The first-order valence-electron chi connectivity index (χ1n) is 10.6. The number of methoxy groups -OCH3 is 1. The molecule has 0 fully saturated rings. The Morgan fingerprint density at radius 3 is 2.38 bits per heavy atom. The summed E-state index contributed by atoms with van der Waals surface area (Å²) in [5.74, 6) is 0.275. The number of aryl methyl sites for hydroxylation is 1. The fraction of sp³-hybridized carbons (Fsp3) is 0.154. The van der Waals surface area contributed by atoms with Crippen molar-refractivity contribution in [2.45, 2.75) is 19.5 Å². The molecule has 1 aliphatic heterocycles. The van der Waals surface area contributed by atoms with Crippen molar-refractivity contribution >= 4 is 22.6 Å². The van der Waals surface area contributed by atoms with E-state index >= 15 is 0 Å². The van der Waals surface area contributed by atoms with Crippen LogP contribution in [0.4, 0.5) is 5.69 Å². The molecule has 3 aromatic carbocycles. The number of ether oxygens (including phenoxy) is 1. The third-order valence-electron chi connectivity index (χ3n) is 6.05. The first kappa shape index (κ1) is 21.4. The zero-order chi connectivity index (χ0) is 24.0. The van der Waals surface area contributed by atoms with Crippen molar-refractivity contribution in [2.24, 2.45) is 0 Å². The van der Waals surface area contributed by atoms with E-state index in [1.54, 1.807) is 48.4 Å². The molecule has 5 rings (SSSR count). The maximum atomic E-state index is 13.6. The van der Waals surface area contributed by atoms with Crippen LogP contribution in [-0.4, -0.2) is 22.8 Å². The lowest BCUT2D eigenvalue weighted by molar-refractivity contribution is -0.384. The number of hydrogen-bond donors (Lipinski definition) is 0. The van der Waals surface area contributed by atoms with Crippen LogP contribution in [0.5, 0.6) is 5.75 Å². The molecular weight excluding hydrogens is 436 g/mol. The largest absolute Gasteiger partial charge is 0.497 e. The van der Waals surface area contributed by atoms with Gasteiger partial charge in [0.05, 0.1) is 29.0 Å². The van der Waals surface area contributed by atoms with Crippen LogP contribution < -0.4 is 10.2 Å². The quantitative estimate of drug-likeness (QED) is 0.317. The Bertz CT molecular complexity index is 1490. The number of benzene rings is 3. The van der Waals surface area contributed by atoms with E-state index in [1.807, 2.05) is 25.1 Å². The van der Waals surface area contributed by atoms with E-state index in [1.165, 1.54) is 12.1 Å². The van der Waals surface area contributed by atoms with Gasteiger partial charge in [-0.05, 0) is 54.4 Å². The lowest BCUT2D eigenvalue weighted by Gasteiger charge is -2.25. The van der Waals surface area contributed by atoms with E-state index in [2.05, 4.69) is 0 Å². The molecule has 0 radical (unpaired) electrons. The molecule has 0 N–H and O–H groups in total. The van der Waals surface area contributed by atoms with Gasteiger partial charge in [-0.1, -0.05) is 23.8 Å². The summed E-state index contributed by atoms with van der Waals surface area (Å²) < 4.78 is 11.2. The molecule has 0 aliphatic carbocycles.